The zero-order chi connectivity index (χ0) is 13.2. The Hall–Kier alpha value is -0.510. The third-order valence-corrected chi connectivity index (χ3v) is 5.61. The standard InChI is InChI=1S/C15H23NOS/c1-11(2)15(9-16,10-17)8-13-7-12-5-3-4-6-14(12)18-13/h3-6,11,13,17H,7-10,16H2,1-2H3. The molecule has 0 radical (unpaired) electrons. The highest BCUT2D eigenvalue weighted by Crippen LogP contribution is 2.43. The largest absolute Gasteiger partial charge is 0.396 e. The minimum absolute atomic E-state index is 0.125. The fourth-order valence-electron chi connectivity index (χ4n) is 2.69. The summed E-state index contributed by atoms with van der Waals surface area (Å²) in [6.07, 6.45) is 2.10. The second-order valence-corrected chi connectivity index (χ2v) is 6.98. The molecule has 1 aliphatic heterocycles. The lowest BCUT2D eigenvalue weighted by Crippen LogP contribution is -2.41. The van der Waals surface area contributed by atoms with Crippen molar-refractivity contribution >= 4 is 11.8 Å². The van der Waals surface area contributed by atoms with Crippen LogP contribution in [0.1, 0.15) is 25.8 Å². The molecule has 1 heterocycles. The molecule has 1 aromatic rings. The summed E-state index contributed by atoms with van der Waals surface area (Å²) < 4.78 is 0. The van der Waals surface area contributed by atoms with Crippen LogP contribution in [0.4, 0.5) is 0 Å². The van der Waals surface area contributed by atoms with Crippen LogP contribution in [0, 0.1) is 11.3 Å². The number of aliphatic hydroxyl groups excluding tert-OH is 1. The Kier molecular flexibility index (Phi) is 4.36. The van der Waals surface area contributed by atoms with Gasteiger partial charge in [-0.2, -0.15) is 0 Å². The monoisotopic (exact) mass is 265 g/mol. The Bertz CT molecular complexity index is 376. The smallest absolute Gasteiger partial charge is 0.0502 e. The van der Waals surface area contributed by atoms with Crippen molar-refractivity contribution in [1.29, 1.82) is 0 Å². The summed E-state index contributed by atoms with van der Waals surface area (Å²) in [7, 11) is 0. The van der Waals surface area contributed by atoms with Crippen LogP contribution in [0.5, 0.6) is 0 Å². The van der Waals surface area contributed by atoms with E-state index in [1.54, 1.807) is 0 Å². The van der Waals surface area contributed by atoms with Crippen LogP contribution in [0.2, 0.25) is 0 Å². The van der Waals surface area contributed by atoms with E-state index in [1.165, 1.54) is 10.5 Å². The Balaban J connectivity index is 2.08. The quantitative estimate of drug-likeness (QED) is 0.860. The van der Waals surface area contributed by atoms with Gasteiger partial charge in [-0.25, -0.2) is 0 Å². The van der Waals surface area contributed by atoms with Gasteiger partial charge in [0.15, 0.2) is 0 Å². The highest BCUT2D eigenvalue weighted by atomic mass is 32.2. The molecular weight excluding hydrogens is 242 g/mol. The van der Waals surface area contributed by atoms with Gasteiger partial charge in [0.25, 0.3) is 0 Å². The summed E-state index contributed by atoms with van der Waals surface area (Å²) in [5.41, 5.74) is 7.25. The van der Waals surface area contributed by atoms with Crippen LogP contribution < -0.4 is 5.73 Å². The number of nitrogens with two attached hydrogens (primary N) is 1. The fourth-order valence-corrected chi connectivity index (χ4v) is 4.18. The molecule has 0 amide bonds. The molecule has 2 rings (SSSR count). The third kappa shape index (κ3) is 2.58. The predicted molar refractivity (Wildman–Crippen MR) is 77.8 cm³/mol. The summed E-state index contributed by atoms with van der Waals surface area (Å²) in [6, 6.07) is 8.60. The van der Waals surface area contributed by atoms with Crippen LogP contribution in [-0.4, -0.2) is 23.5 Å². The second kappa shape index (κ2) is 5.64. The van der Waals surface area contributed by atoms with Crippen LogP contribution in [0.15, 0.2) is 29.2 Å². The lowest BCUT2D eigenvalue weighted by Gasteiger charge is -2.36. The predicted octanol–water partition coefficient (Wildman–Crippen LogP) is 2.69. The number of rotatable bonds is 5. The van der Waals surface area contributed by atoms with Gasteiger partial charge in [0, 0.05) is 22.1 Å². The molecule has 2 nitrogen and oxygen atoms in total. The maximum Gasteiger partial charge on any atom is 0.0502 e. The van der Waals surface area contributed by atoms with Crippen molar-refractivity contribution in [2.24, 2.45) is 17.1 Å². The zero-order valence-corrected chi connectivity index (χ0v) is 12.0. The third-order valence-electron chi connectivity index (χ3n) is 4.29. The van der Waals surface area contributed by atoms with Crippen LogP contribution in [0.3, 0.4) is 0 Å². The van der Waals surface area contributed by atoms with E-state index in [4.69, 9.17) is 5.73 Å². The first-order chi connectivity index (χ1) is 8.61. The van der Waals surface area contributed by atoms with Gasteiger partial charge in [-0.15, -0.1) is 11.8 Å². The molecule has 0 spiro atoms. The summed E-state index contributed by atoms with van der Waals surface area (Å²) >= 11 is 1.94. The number of hydrogen-bond donors (Lipinski definition) is 2. The highest BCUT2D eigenvalue weighted by molar-refractivity contribution is 8.00. The number of thioether (sulfide) groups is 1. The van der Waals surface area contributed by atoms with Crippen molar-refractivity contribution in [3.8, 4) is 0 Å². The highest BCUT2D eigenvalue weighted by Gasteiger charge is 2.36. The van der Waals surface area contributed by atoms with Crippen molar-refractivity contribution < 1.29 is 5.11 Å². The first kappa shape index (κ1) is 13.9. The average molecular weight is 265 g/mol. The number of aliphatic hydroxyl groups is 1. The molecule has 3 N–H and O–H groups in total. The Morgan fingerprint density at radius 1 is 1.44 bits per heavy atom. The Morgan fingerprint density at radius 2 is 2.17 bits per heavy atom. The van der Waals surface area contributed by atoms with Gasteiger partial charge in [-0.05, 0) is 30.4 Å². The molecule has 0 bridgehead atoms. The van der Waals surface area contributed by atoms with Crippen molar-refractivity contribution in [2.75, 3.05) is 13.2 Å². The Morgan fingerprint density at radius 3 is 2.72 bits per heavy atom. The molecule has 0 fully saturated rings. The normalized spacial score (nSPS) is 21.9. The molecule has 1 aromatic carbocycles. The van der Waals surface area contributed by atoms with Crippen molar-refractivity contribution in [3.63, 3.8) is 0 Å². The first-order valence-corrected chi connectivity index (χ1v) is 7.55. The lowest BCUT2D eigenvalue weighted by molar-refractivity contribution is 0.0749. The molecule has 1 aliphatic rings. The minimum atomic E-state index is -0.125. The summed E-state index contributed by atoms with van der Waals surface area (Å²) in [5.74, 6) is 0.414. The van der Waals surface area contributed by atoms with E-state index < -0.39 is 0 Å². The number of fused-ring (bicyclic) bond motifs is 1. The van der Waals surface area contributed by atoms with E-state index in [9.17, 15) is 5.11 Å². The number of hydrogen-bond acceptors (Lipinski definition) is 3. The van der Waals surface area contributed by atoms with Gasteiger partial charge in [-0.1, -0.05) is 32.0 Å². The van der Waals surface area contributed by atoms with Gasteiger partial charge in [0.2, 0.25) is 0 Å². The molecule has 0 saturated carbocycles. The topological polar surface area (TPSA) is 46.2 Å². The van der Waals surface area contributed by atoms with Gasteiger partial charge in [0.1, 0.15) is 0 Å². The molecule has 0 saturated heterocycles. The van der Waals surface area contributed by atoms with E-state index in [0.29, 0.717) is 17.7 Å². The van der Waals surface area contributed by atoms with Gasteiger partial charge >= 0.3 is 0 Å². The van der Waals surface area contributed by atoms with Crippen molar-refractivity contribution in [1.82, 2.24) is 0 Å². The molecule has 0 aromatic heterocycles. The summed E-state index contributed by atoms with van der Waals surface area (Å²) in [6.45, 7) is 5.08. The van der Waals surface area contributed by atoms with Crippen LogP contribution in [-0.2, 0) is 6.42 Å². The number of benzene rings is 1. The molecule has 0 aliphatic carbocycles. The fraction of sp³-hybridized carbons (Fsp3) is 0.600. The van der Waals surface area contributed by atoms with Gasteiger partial charge in [-0.3, -0.25) is 0 Å². The Labute approximate surface area is 114 Å². The van der Waals surface area contributed by atoms with Crippen molar-refractivity contribution in [3.05, 3.63) is 29.8 Å². The van der Waals surface area contributed by atoms with Gasteiger partial charge < -0.3 is 10.8 Å². The van der Waals surface area contributed by atoms with E-state index in [1.807, 2.05) is 11.8 Å². The van der Waals surface area contributed by atoms with E-state index >= 15 is 0 Å². The zero-order valence-electron chi connectivity index (χ0n) is 11.2. The SMILES string of the molecule is CC(C)C(CN)(CO)CC1Cc2ccccc2S1. The first-order valence-electron chi connectivity index (χ1n) is 6.67. The molecule has 3 heteroatoms. The molecule has 18 heavy (non-hydrogen) atoms. The van der Waals surface area contributed by atoms with Gasteiger partial charge in [0.05, 0.1) is 6.61 Å². The molecule has 2 unspecified atom stereocenters. The lowest BCUT2D eigenvalue weighted by atomic mass is 9.74. The minimum Gasteiger partial charge on any atom is -0.396 e. The maximum atomic E-state index is 9.73. The molecule has 2 atom stereocenters. The second-order valence-electron chi connectivity index (χ2n) is 5.64. The average Bonchev–Trinajstić information content (AvgIpc) is 2.77. The van der Waals surface area contributed by atoms with E-state index in [2.05, 4.69) is 38.1 Å². The molecular formula is C15H23NOS. The van der Waals surface area contributed by atoms with E-state index in [0.717, 1.165) is 12.8 Å². The summed E-state index contributed by atoms with van der Waals surface area (Å²) in [5, 5.41) is 10.3. The maximum absolute atomic E-state index is 9.73. The summed E-state index contributed by atoms with van der Waals surface area (Å²) in [4.78, 5) is 1.40. The molecule has 100 valence electrons. The van der Waals surface area contributed by atoms with E-state index in [-0.39, 0.29) is 12.0 Å². The van der Waals surface area contributed by atoms with Crippen molar-refractivity contribution in [2.45, 2.75) is 36.8 Å². The van der Waals surface area contributed by atoms with Crippen LogP contribution in [0.25, 0.3) is 0 Å². The van der Waals surface area contributed by atoms with Crippen LogP contribution >= 0.6 is 11.8 Å².